The van der Waals surface area contributed by atoms with Crippen LogP contribution in [0.3, 0.4) is 0 Å². The Bertz CT molecular complexity index is 464. The van der Waals surface area contributed by atoms with E-state index in [1.807, 2.05) is 27.7 Å². The molecule has 1 aromatic heterocycles. The highest BCUT2D eigenvalue weighted by Gasteiger charge is 2.27. The topological polar surface area (TPSA) is 92.2 Å². The highest BCUT2D eigenvalue weighted by molar-refractivity contribution is 5.98. The molecule has 0 aliphatic rings. The molecule has 0 saturated carbocycles. The SMILES string of the molecule is CC(C)C(C(=O)Nc1nccnc1C(=O)O)C(C)C. The minimum absolute atomic E-state index is 0.00806. The van der Waals surface area contributed by atoms with Gasteiger partial charge in [-0.3, -0.25) is 4.79 Å². The van der Waals surface area contributed by atoms with Gasteiger partial charge in [0.1, 0.15) is 0 Å². The normalized spacial score (nSPS) is 11.1. The van der Waals surface area contributed by atoms with E-state index in [4.69, 9.17) is 5.11 Å². The summed E-state index contributed by atoms with van der Waals surface area (Å²) in [4.78, 5) is 30.8. The van der Waals surface area contributed by atoms with E-state index < -0.39 is 5.97 Å². The minimum atomic E-state index is -1.21. The van der Waals surface area contributed by atoms with Gasteiger partial charge in [-0.15, -0.1) is 0 Å². The van der Waals surface area contributed by atoms with Gasteiger partial charge in [0.05, 0.1) is 0 Å². The first kappa shape index (κ1) is 15.1. The molecule has 0 saturated heterocycles. The second-order valence-corrected chi connectivity index (χ2v) is 5.06. The number of carbonyl (C=O) groups is 2. The molecule has 1 amide bonds. The molecule has 0 radical (unpaired) electrons. The summed E-state index contributed by atoms with van der Waals surface area (Å²) >= 11 is 0. The quantitative estimate of drug-likeness (QED) is 0.850. The zero-order valence-electron chi connectivity index (χ0n) is 11.5. The van der Waals surface area contributed by atoms with Gasteiger partial charge in [-0.05, 0) is 11.8 Å². The van der Waals surface area contributed by atoms with Crippen molar-refractivity contribution in [3.8, 4) is 0 Å². The Balaban J connectivity index is 2.96. The molecule has 0 spiro atoms. The maximum absolute atomic E-state index is 12.2. The number of carboxylic acids is 1. The Morgan fingerprint density at radius 3 is 2.11 bits per heavy atom. The lowest BCUT2D eigenvalue weighted by atomic mass is 9.85. The van der Waals surface area contributed by atoms with E-state index in [1.54, 1.807) is 0 Å². The average Bonchev–Trinajstić information content (AvgIpc) is 2.27. The van der Waals surface area contributed by atoms with E-state index in [-0.39, 0.29) is 35.2 Å². The number of carboxylic acid groups (broad SMARTS) is 1. The number of rotatable bonds is 5. The van der Waals surface area contributed by atoms with Crippen LogP contribution in [0.4, 0.5) is 5.82 Å². The Morgan fingerprint density at radius 1 is 1.11 bits per heavy atom. The molecule has 1 heterocycles. The molecule has 0 aromatic carbocycles. The van der Waals surface area contributed by atoms with Gasteiger partial charge in [0.15, 0.2) is 11.5 Å². The van der Waals surface area contributed by atoms with Gasteiger partial charge in [0.25, 0.3) is 0 Å². The van der Waals surface area contributed by atoms with Crippen LogP contribution in [0, 0.1) is 17.8 Å². The monoisotopic (exact) mass is 265 g/mol. The zero-order valence-corrected chi connectivity index (χ0v) is 11.5. The van der Waals surface area contributed by atoms with Crippen molar-refractivity contribution in [1.82, 2.24) is 9.97 Å². The number of nitrogens with zero attached hydrogens (tertiary/aromatic N) is 2. The van der Waals surface area contributed by atoms with Crippen molar-refractivity contribution >= 4 is 17.7 Å². The van der Waals surface area contributed by atoms with Gasteiger partial charge in [-0.2, -0.15) is 0 Å². The number of anilines is 1. The number of aromatic carboxylic acids is 1. The number of aromatic nitrogens is 2. The van der Waals surface area contributed by atoms with Crippen molar-refractivity contribution < 1.29 is 14.7 Å². The largest absolute Gasteiger partial charge is 0.476 e. The van der Waals surface area contributed by atoms with E-state index in [0.29, 0.717) is 0 Å². The lowest BCUT2D eigenvalue weighted by molar-refractivity contribution is -0.122. The molecule has 1 rings (SSSR count). The minimum Gasteiger partial charge on any atom is -0.476 e. The number of carbonyl (C=O) groups excluding carboxylic acids is 1. The molecule has 6 heteroatoms. The molecule has 0 atom stereocenters. The molecular formula is C13H19N3O3. The second-order valence-electron chi connectivity index (χ2n) is 5.06. The van der Waals surface area contributed by atoms with Crippen LogP contribution in [0.2, 0.25) is 0 Å². The van der Waals surface area contributed by atoms with Crippen molar-refractivity contribution in [3.63, 3.8) is 0 Å². The average molecular weight is 265 g/mol. The predicted molar refractivity (Wildman–Crippen MR) is 70.8 cm³/mol. The van der Waals surface area contributed by atoms with Gasteiger partial charge in [0, 0.05) is 18.3 Å². The van der Waals surface area contributed by atoms with Gasteiger partial charge in [0.2, 0.25) is 5.91 Å². The third-order valence-corrected chi connectivity index (χ3v) is 2.88. The molecule has 1 aromatic rings. The highest BCUT2D eigenvalue weighted by Crippen LogP contribution is 2.22. The Morgan fingerprint density at radius 2 is 1.63 bits per heavy atom. The third kappa shape index (κ3) is 3.74. The molecule has 0 bridgehead atoms. The van der Waals surface area contributed by atoms with Crippen molar-refractivity contribution in [3.05, 3.63) is 18.1 Å². The first-order chi connectivity index (χ1) is 8.84. The molecule has 0 fully saturated rings. The highest BCUT2D eigenvalue weighted by atomic mass is 16.4. The number of hydrogen-bond acceptors (Lipinski definition) is 4. The summed E-state index contributed by atoms with van der Waals surface area (Å²) in [6.45, 7) is 7.83. The lowest BCUT2D eigenvalue weighted by Crippen LogP contribution is -2.32. The van der Waals surface area contributed by atoms with E-state index >= 15 is 0 Å². The third-order valence-electron chi connectivity index (χ3n) is 2.88. The summed E-state index contributed by atoms with van der Waals surface area (Å²) in [5.41, 5.74) is -0.248. The summed E-state index contributed by atoms with van der Waals surface area (Å²) in [5.74, 6) is -1.34. The van der Waals surface area contributed by atoms with Crippen LogP contribution in [0.5, 0.6) is 0 Å². The van der Waals surface area contributed by atoms with Crippen LogP contribution in [-0.4, -0.2) is 27.0 Å². The standard InChI is InChI=1S/C13H19N3O3/c1-7(2)9(8(3)4)12(17)16-11-10(13(18)19)14-5-6-15-11/h5-9H,1-4H3,(H,18,19)(H,15,16,17). The van der Waals surface area contributed by atoms with Crippen molar-refractivity contribution in [2.24, 2.45) is 17.8 Å². The fourth-order valence-electron chi connectivity index (χ4n) is 2.16. The van der Waals surface area contributed by atoms with Crippen molar-refractivity contribution in [1.29, 1.82) is 0 Å². The Kier molecular flexibility index (Phi) is 4.97. The first-order valence-corrected chi connectivity index (χ1v) is 6.19. The van der Waals surface area contributed by atoms with Crippen LogP contribution in [-0.2, 0) is 4.79 Å². The van der Waals surface area contributed by atoms with E-state index in [2.05, 4.69) is 15.3 Å². The summed E-state index contributed by atoms with van der Waals surface area (Å²) in [6.07, 6.45) is 2.63. The van der Waals surface area contributed by atoms with Crippen LogP contribution in [0.15, 0.2) is 12.4 Å². The smallest absolute Gasteiger partial charge is 0.358 e. The number of nitrogens with one attached hydrogen (secondary N) is 1. The zero-order chi connectivity index (χ0) is 14.6. The van der Waals surface area contributed by atoms with Gasteiger partial charge in [-0.25, -0.2) is 14.8 Å². The van der Waals surface area contributed by atoms with E-state index in [9.17, 15) is 9.59 Å². The molecular weight excluding hydrogens is 246 g/mol. The fourth-order valence-corrected chi connectivity index (χ4v) is 2.16. The Labute approximate surface area is 112 Å². The van der Waals surface area contributed by atoms with E-state index in [1.165, 1.54) is 12.4 Å². The maximum atomic E-state index is 12.2. The van der Waals surface area contributed by atoms with Crippen molar-refractivity contribution in [2.45, 2.75) is 27.7 Å². The van der Waals surface area contributed by atoms with Gasteiger partial charge in [-0.1, -0.05) is 27.7 Å². The molecule has 2 N–H and O–H groups in total. The first-order valence-electron chi connectivity index (χ1n) is 6.19. The number of amides is 1. The molecule has 6 nitrogen and oxygen atoms in total. The van der Waals surface area contributed by atoms with Gasteiger partial charge >= 0.3 is 5.97 Å². The maximum Gasteiger partial charge on any atom is 0.358 e. The van der Waals surface area contributed by atoms with Crippen LogP contribution in [0.1, 0.15) is 38.2 Å². The van der Waals surface area contributed by atoms with Gasteiger partial charge < -0.3 is 10.4 Å². The summed E-state index contributed by atoms with van der Waals surface area (Å²) < 4.78 is 0. The van der Waals surface area contributed by atoms with Crippen LogP contribution >= 0.6 is 0 Å². The molecule has 19 heavy (non-hydrogen) atoms. The molecule has 0 unspecified atom stereocenters. The van der Waals surface area contributed by atoms with Crippen molar-refractivity contribution in [2.75, 3.05) is 5.32 Å². The molecule has 0 aliphatic carbocycles. The molecule has 104 valence electrons. The summed E-state index contributed by atoms with van der Waals surface area (Å²) in [7, 11) is 0. The summed E-state index contributed by atoms with van der Waals surface area (Å²) in [5, 5.41) is 11.5. The summed E-state index contributed by atoms with van der Waals surface area (Å²) in [6, 6.07) is 0. The second kappa shape index (κ2) is 6.26. The predicted octanol–water partition coefficient (Wildman–Crippen LogP) is 2.04. The number of hydrogen-bond donors (Lipinski definition) is 2. The van der Waals surface area contributed by atoms with Crippen LogP contribution < -0.4 is 5.32 Å². The van der Waals surface area contributed by atoms with E-state index in [0.717, 1.165) is 0 Å². The Hall–Kier alpha value is -1.98. The van der Waals surface area contributed by atoms with Crippen LogP contribution in [0.25, 0.3) is 0 Å². The lowest BCUT2D eigenvalue weighted by Gasteiger charge is -2.23. The fraction of sp³-hybridized carbons (Fsp3) is 0.538. The molecule has 0 aliphatic heterocycles.